The Labute approximate surface area is 113 Å². The molecule has 3 amide bonds. The molecule has 0 aliphatic rings. The first-order chi connectivity index (χ1) is 9.61. The number of fused-ring (bicyclic) bond motifs is 1. The van der Waals surface area contributed by atoms with Gasteiger partial charge in [0, 0.05) is 6.54 Å². The van der Waals surface area contributed by atoms with E-state index in [9.17, 15) is 14.4 Å². The van der Waals surface area contributed by atoms with Crippen molar-refractivity contribution in [1.29, 1.82) is 0 Å². The van der Waals surface area contributed by atoms with Crippen LogP contribution in [0, 0.1) is 0 Å². The van der Waals surface area contributed by atoms with Crippen molar-refractivity contribution < 1.29 is 9.59 Å². The van der Waals surface area contributed by atoms with Crippen LogP contribution in [0.1, 0.15) is 10.5 Å². The fraction of sp³-hybridized carbons (Fsp3) is 0.0769. The first-order valence-electron chi connectivity index (χ1n) is 5.81. The van der Waals surface area contributed by atoms with E-state index in [1.807, 2.05) is 5.32 Å². The first kappa shape index (κ1) is 13.5. The Balaban J connectivity index is 2.26. The highest BCUT2D eigenvalue weighted by molar-refractivity contribution is 6.03. The van der Waals surface area contributed by atoms with E-state index in [0.717, 1.165) is 0 Å². The number of H-pyrrole nitrogens is 1. The molecule has 0 atom stereocenters. The summed E-state index contributed by atoms with van der Waals surface area (Å²) >= 11 is 0. The van der Waals surface area contributed by atoms with E-state index in [1.165, 1.54) is 6.08 Å². The second kappa shape index (κ2) is 5.79. The van der Waals surface area contributed by atoms with Gasteiger partial charge in [-0.25, -0.2) is 9.78 Å². The van der Waals surface area contributed by atoms with Crippen LogP contribution < -0.4 is 16.2 Å². The summed E-state index contributed by atoms with van der Waals surface area (Å²) in [6.07, 6.45) is 1.46. The third-order valence-corrected chi connectivity index (χ3v) is 2.45. The number of aromatic amines is 1. The molecule has 0 saturated heterocycles. The van der Waals surface area contributed by atoms with Gasteiger partial charge < -0.3 is 10.3 Å². The van der Waals surface area contributed by atoms with Crippen LogP contribution in [0.4, 0.5) is 4.79 Å². The minimum absolute atomic E-state index is 0.209. The molecule has 2 rings (SSSR count). The Morgan fingerprint density at radius 2 is 2.10 bits per heavy atom. The van der Waals surface area contributed by atoms with Gasteiger partial charge in [-0.1, -0.05) is 18.2 Å². The number of benzene rings is 1. The zero-order valence-electron chi connectivity index (χ0n) is 10.5. The average Bonchev–Trinajstić information content (AvgIpc) is 2.44. The highest BCUT2D eigenvalue weighted by Gasteiger charge is 2.16. The number of nitrogens with zero attached hydrogens (tertiary/aromatic N) is 1. The molecule has 2 aromatic rings. The Morgan fingerprint density at radius 3 is 2.85 bits per heavy atom. The minimum atomic E-state index is -0.862. The zero-order chi connectivity index (χ0) is 14.5. The number of aromatic nitrogens is 2. The van der Waals surface area contributed by atoms with E-state index >= 15 is 0 Å². The van der Waals surface area contributed by atoms with Gasteiger partial charge in [-0.15, -0.1) is 6.58 Å². The van der Waals surface area contributed by atoms with Crippen molar-refractivity contribution in [2.75, 3.05) is 6.54 Å². The molecule has 0 spiro atoms. The van der Waals surface area contributed by atoms with Crippen molar-refractivity contribution in [2.24, 2.45) is 0 Å². The van der Waals surface area contributed by atoms with Gasteiger partial charge in [-0.2, -0.15) is 0 Å². The largest absolute Gasteiger partial charge is 0.334 e. The molecule has 0 radical (unpaired) electrons. The number of nitrogens with one attached hydrogen (secondary N) is 3. The van der Waals surface area contributed by atoms with E-state index in [2.05, 4.69) is 21.9 Å². The van der Waals surface area contributed by atoms with Crippen LogP contribution in [0.2, 0.25) is 0 Å². The van der Waals surface area contributed by atoms with Crippen molar-refractivity contribution in [3.8, 4) is 0 Å². The van der Waals surface area contributed by atoms with E-state index < -0.39 is 17.5 Å². The summed E-state index contributed by atoms with van der Waals surface area (Å²) in [6.45, 7) is 3.63. The van der Waals surface area contributed by atoms with Gasteiger partial charge in [-0.05, 0) is 12.1 Å². The number of hydrogen-bond acceptors (Lipinski definition) is 4. The van der Waals surface area contributed by atoms with Gasteiger partial charge in [0.15, 0.2) is 5.69 Å². The molecule has 0 bridgehead atoms. The third-order valence-electron chi connectivity index (χ3n) is 2.45. The number of carbonyl (C=O) groups is 2. The highest BCUT2D eigenvalue weighted by Crippen LogP contribution is 2.05. The van der Waals surface area contributed by atoms with Crippen LogP contribution in [0.15, 0.2) is 41.7 Å². The number of hydrogen-bond donors (Lipinski definition) is 3. The van der Waals surface area contributed by atoms with Gasteiger partial charge >= 0.3 is 6.03 Å². The average molecular weight is 272 g/mol. The Kier molecular flexibility index (Phi) is 3.90. The molecule has 1 heterocycles. The second-order valence-corrected chi connectivity index (χ2v) is 3.88. The van der Waals surface area contributed by atoms with E-state index in [1.54, 1.807) is 24.3 Å². The highest BCUT2D eigenvalue weighted by atomic mass is 16.2. The smallest absolute Gasteiger partial charge is 0.322 e. The lowest BCUT2D eigenvalue weighted by atomic mass is 10.3. The summed E-state index contributed by atoms with van der Waals surface area (Å²) in [5, 5.41) is 4.38. The topological polar surface area (TPSA) is 104 Å². The molecular weight excluding hydrogens is 260 g/mol. The molecule has 20 heavy (non-hydrogen) atoms. The molecule has 0 aliphatic carbocycles. The van der Waals surface area contributed by atoms with Gasteiger partial charge in [0.25, 0.3) is 11.5 Å². The molecule has 1 aromatic heterocycles. The first-order valence-corrected chi connectivity index (χ1v) is 5.81. The summed E-state index contributed by atoms with van der Waals surface area (Å²) in [4.78, 5) is 41.4. The van der Waals surface area contributed by atoms with E-state index in [4.69, 9.17) is 0 Å². The van der Waals surface area contributed by atoms with E-state index in [-0.39, 0.29) is 12.2 Å². The minimum Gasteiger partial charge on any atom is -0.334 e. The molecule has 0 saturated carbocycles. The van der Waals surface area contributed by atoms with Crippen molar-refractivity contribution in [3.05, 3.63) is 53.0 Å². The normalized spacial score (nSPS) is 10.0. The quantitative estimate of drug-likeness (QED) is 0.710. The predicted octanol–water partition coefficient (Wildman–Crippen LogP) is 0.549. The van der Waals surface area contributed by atoms with Crippen LogP contribution in [0.25, 0.3) is 11.0 Å². The summed E-state index contributed by atoms with van der Waals surface area (Å²) in [5.41, 5.74) is -0.0379. The van der Waals surface area contributed by atoms with Crippen LogP contribution >= 0.6 is 0 Å². The monoisotopic (exact) mass is 272 g/mol. The number of para-hydroxylation sites is 2. The van der Waals surface area contributed by atoms with Crippen molar-refractivity contribution in [2.45, 2.75) is 0 Å². The van der Waals surface area contributed by atoms with Crippen LogP contribution in [0.5, 0.6) is 0 Å². The summed E-state index contributed by atoms with van der Waals surface area (Å²) < 4.78 is 0. The third kappa shape index (κ3) is 2.89. The molecule has 0 aliphatic heterocycles. The van der Waals surface area contributed by atoms with Crippen molar-refractivity contribution >= 4 is 23.0 Å². The Bertz CT molecular complexity index is 736. The number of carbonyl (C=O) groups excluding carboxylic acids is 2. The fourth-order valence-electron chi connectivity index (χ4n) is 1.55. The molecule has 0 unspecified atom stereocenters. The lowest BCUT2D eigenvalue weighted by Crippen LogP contribution is -2.41. The molecular formula is C13H12N4O3. The lowest BCUT2D eigenvalue weighted by Gasteiger charge is -2.04. The van der Waals surface area contributed by atoms with E-state index in [0.29, 0.717) is 11.0 Å². The SMILES string of the molecule is C=CCNC(=O)NC(=O)c1nc2ccccc2[nH]c1=O. The number of amides is 3. The molecule has 7 nitrogen and oxygen atoms in total. The maximum Gasteiger partial charge on any atom is 0.322 e. The van der Waals surface area contributed by atoms with Crippen LogP contribution in [0.3, 0.4) is 0 Å². The fourth-order valence-corrected chi connectivity index (χ4v) is 1.55. The summed E-state index contributed by atoms with van der Waals surface area (Å²) in [6, 6.07) is 6.07. The zero-order valence-corrected chi connectivity index (χ0v) is 10.5. The molecule has 3 N–H and O–H groups in total. The molecule has 7 heteroatoms. The summed E-state index contributed by atoms with van der Waals surface area (Å²) in [5.74, 6) is -0.862. The van der Waals surface area contributed by atoms with Crippen molar-refractivity contribution in [3.63, 3.8) is 0 Å². The van der Waals surface area contributed by atoms with Crippen molar-refractivity contribution in [1.82, 2.24) is 20.6 Å². The number of imide groups is 1. The maximum absolute atomic E-state index is 11.8. The second-order valence-electron chi connectivity index (χ2n) is 3.88. The molecule has 1 aromatic carbocycles. The number of urea groups is 1. The van der Waals surface area contributed by atoms with Gasteiger partial charge in [0.1, 0.15) is 0 Å². The van der Waals surface area contributed by atoms with Gasteiger partial charge in [0.05, 0.1) is 11.0 Å². The molecule has 0 fully saturated rings. The Morgan fingerprint density at radius 1 is 1.35 bits per heavy atom. The van der Waals surface area contributed by atoms with Crippen LogP contribution in [-0.4, -0.2) is 28.5 Å². The number of rotatable bonds is 3. The van der Waals surface area contributed by atoms with Gasteiger partial charge in [-0.3, -0.25) is 14.9 Å². The van der Waals surface area contributed by atoms with Gasteiger partial charge in [0.2, 0.25) is 0 Å². The van der Waals surface area contributed by atoms with Crippen LogP contribution in [-0.2, 0) is 0 Å². The summed E-state index contributed by atoms with van der Waals surface area (Å²) in [7, 11) is 0. The Hall–Kier alpha value is -2.96. The maximum atomic E-state index is 11.8. The lowest BCUT2D eigenvalue weighted by molar-refractivity contribution is 0.0958. The standard InChI is InChI=1S/C13H12N4O3/c1-2-7-14-13(20)17-12(19)10-11(18)16-9-6-4-3-5-8(9)15-10/h2-6H,1,7H2,(H,16,18)(H2,14,17,19,20). The predicted molar refractivity (Wildman–Crippen MR) is 73.4 cm³/mol. The molecule has 102 valence electrons.